The SMILES string of the molecule is Cc1cc(C)c2c(c1)OC1(CCN(C(=O)c3ccc([N+](=O)[O-])c(C)c3)CC1)CC2=O. The van der Waals surface area contributed by atoms with E-state index in [0.29, 0.717) is 54.8 Å². The van der Waals surface area contributed by atoms with Crippen LogP contribution in [0.2, 0.25) is 0 Å². The number of aryl methyl sites for hydroxylation is 3. The molecule has 0 saturated carbocycles. The van der Waals surface area contributed by atoms with E-state index in [9.17, 15) is 19.7 Å². The smallest absolute Gasteiger partial charge is 0.272 e. The lowest BCUT2D eigenvalue weighted by Gasteiger charge is -2.44. The van der Waals surface area contributed by atoms with Crippen LogP contribution in [0.5, 0.6) is 5.75 Å². The van der Waals surface area contributed by atoms with E-state index in [1.54, 1.807) is 17.9 Å². The molecule has 7 nitrogen and oxygen atoms in total. The fourth-order valence-corrected chi connectivity index (χ4v) is 4.59. The average molecular weight is 408 g/mol. The maximum atomic E-state index is 12.9. The number of carbonyl (C=O) groups excluding carboxylic acids is 2. The monoisotopic (exact) mass is 408 g/mol. The highest BCUT2D eigenvalue weighted by Crippen LogP contribution is 2.41. The molecule has 0 aliphatic carbocycles. The summed E-state index contributed by atoms with van der Waals surface area (Å²) in [6, 6.07) is 8.34. The second-order valence-electron chi connectivity index (χ2n) is 8.39. The first kappa shape index (κ1) is 20.1. The Morgan fingerprint density at radius 1 is 1.10 bits per heavy atom. The van der Waals surface area contributed by atoms with Crippen molar-refractivity contribution in [3.63, 3.8) is 0 Å². The summed E-state index contributed by atoms with van der Waals surface area (Å²) in [5, 5.41) is 11.0. The van der Waals surface area contributed by atoms with Crippen molar-refractivity contribution < 1.29 is 19.2 Å². The number of likely N-dealkylation sites (tertiary alicyclic amines) is 1. The van der Waals surface area contributed by atoms with Crippen LogP contribution in [-0.2, 0) is 0 Å². The number of ketones is 1. The molecule has 1 amide bonds. The summed E-state index contributed by atoms with van der Waals surface area (Å²) in [5.74, 6) is 0.589. The minimum absolute atomic E-state index is 0.00233. The topological polar surface area (TPSA) is 89.8 Å². The lowest BCUT2D eigenvalue weighted by atomic mass is 9.81. The Morgan fingerprint density at radius 2 is 1.80 bits per heavy atom. The molecule has 2 aliphatic heterocycles. The van der Waals surface area contributed by atoms with Crippen molar-refractivity contribution in [3.8, 4) is 5.75 Å². The molecule has 0 bridgehead atoms. The number of amides is 1. The van der Waals surface area contributed by atoms with E-state index >= 15 is 0 Å². The Balaban J connectivity index is 1.50. The van der Waals surface area contributed by atoms with E-state index < -0.39 is 10.5 Å². The van der Waals surface area contributed by atoms with Crippen LogP contribution < -0.4 is 4.74 Å². The van der Waals surface area contributed by atoms with Crippen LogP contribution >= 0.6 is 0 Å². The highest BCUT2D eigenvalue weighted by Gasteiger charge is 2.44. The fraction of sp³-hybridized carbons (Fsp3) is 0.391. The van der Waals surface area contributed by atoms with Gasteiger partial charge in [0.1, 0.15) is 11.4 Å². The van der Waals surface area contributed by atoms with Crippen LogP contribution in [-0.4, -0.2) is 40.2 Å². The molecule has 1 saturated heterocycles. The van der Waals surface area contributed by atoms with E-state index in [2.05, 4.69) is 0 Å². The van der Waals surface area contributed by atoms with Crippen molar-refractivity contribution in [1.82, 2.24) is 4.90 Å². The quantitative estimate of drug-likeness (QED) is 0.550. The predicted octanol–water partition coefficient (Wildman–Crippen LogP) is 4.16. The highest BCUT2D eigenvalue weighted by atomic mass is 16.6. The first-order valence-electron chi connectivity index (χ1n) is 10.1. The zero-order valence-corrected chi connectivity index (χ0v) is 17.4. The van der Waals surface area contributed by atoms with Crippen molar-refractivity contribution in [2.75, 3.05) is 13.1 Å². The second kappa shape index (κ2) is 7.23. The second-order valence-corrected chi connectivity index (χ2v) is 8.39. The number of nitrogens with zero attached hydrogens (tertiary/aromatic N) is 2. The van der Waals surface area contributed by atoms with E-state index in [-0.39, 0.29) is 17.4 Å². The molecule has 7 heteroatoms. The molecule has 0 radical (unpaired) electrons. The Labute approximate surface area is 174 Å². The number of ether oxygens (including phenoxy) is 1. The summed E-state index contributed by atoms with van der Waals surface area (Å²) in [5.41, 5.74) is 2.98. The van der Waals surface area contributed by atoms with Crippen molar-refractivity contribution in [2.45, 2.75) is 45.6 Å². The number of Topliss-reactive ketones (excluding diaryl/α,β-unsaturated/α-hetero) is 1. The summed E-state index contributed by atoms with van der Waals surface area (Å²) < 4.78 is 6.35. The normalized spacial score (nSPS) is 17.4. The summed E-state index contributed by atoms with van der Waals surface area (Å²) in [4.78, 5) is 38.0. The number of hydrogen-bond acceptors (Lipinski definition) is 5. The van der Waals surface area contributed by atoms with E-state index in [1.165, 1.54) is 12.1 Å². The number of fused-ring (bicyclic) bond motifs is 1. The first-order chi connectivity index (χ1) is 14.2. The van der Waals surface area contributed by atoms with E-state index in [1.807, 2.05) is 26.0 Å². The van der Waals surface area contributed by atoms with Crippen LogP contribution in [0.4, 0.5) is 5.69 Å². The largest absolute Gasteiger partial charge is 0.486 e. The summed E-state index contributed by atoms with van der Waals surface area (Å²) in [7, 11) is 0. The molecule has 2 aromatic carbocycles. The average Bonchev–Trinajstić information content (AvgIpc) is 2.66. The maximum Gasteiger partial charge on any atom is 0.272 e. The van der Waals surface area contributed by atoms with Gasteiger partial charge in [0.15, 0.2) is 5.78 Å². The summed E-state index contributed by atoms with van der Waals surface area (Å²) in [6.45, 7) is 6.49. The molecule has 1 spiro atoms. The Hall–Kier alpha value is -3.22. The minimum atomic E-state index is -0.577. The molecular weight excluding hydrogens is 384 g/mol. The molecule has 156 valence electrons. The molecular formula is C23H24N2O5. The molecule has 0 unspecified atom stereocenters. The zero-order chi connectivity index (χ0) is 21.6. The van der Waals surface area contributed by atoms with E-state index in [4.69, 9.17) is 4.74 Å². The van der Waals surface area contributed by atoms with Gasteiger partial charge in [-0.2, -0.15) is 0 Å². The Bertz CT molecular complexity index is 1070. The number of piperidine rings is 1. The van der Waals surface area contributed by atoms with Gasteiger partial charge >= 0.3 is 0 Å². The van der Waals surface area contributed by atoms with Crippen molar-refractivity contribution in [2.24, 2.45) is 0 Å². The minimum Gasteiger partial charge on any atom is -0.486 e. The van der Waals surface area contributed by atoms with Gasteiger partial charge in [-0.05, 0) is 50.1 Å². The maximum absolute atomic E-state index is 12.9. The van der Waals surface area contributed by atoms with Crippen LogP contribution in [0, 0.1) is 30.9 Å². The standard InChI is InChI=1S/C23H24N2O5/c1-14-10-16(3)21-19(26)13-23(30-20(21)11-14)6-8-24(9-7-23)22(27)17-4-5-18(25(28)29)15(2)12-17/h4-5,10-12H,6-9,13H2,1-3H3. The van der Waals surface area contributed by atoms with E-state index in [0.717, 1.165) is 11.1 Å². The summed E-state index contributed by atoms with van der Waals surface area (Å²) in [6.07, 6.45) is 1.47. The summed E-state index contributed by atoms with van der Waals surface area (Å²) >= 11 is 0. The van der Waals surface area contributed by atoms with Gasteiger partial charge in [0.25, 0.3) is 11.6 Å². The van der Waals surface area contributed by atoms with Gasteiger partial charge < -0.3 is 9.64 Å². The third kappa shape index (κ3) is 3.44. The number of benzene rings is 2. The number of carbonyl (C=O) groups is 2. The molecule has 0 aromatic heterocycles. The van der Waals surface area contributed by atoms with Crippen LogP contribution in [0.15, 0.2) is 30.3 Å². The van der Waals surface area contributed by atoms with Gasteiger partial charge in [0.2, 0.25) is 0 Å². The highest BCUT2D eigenvalue weighted by molar-refractivity contribution is 6.02. The number of hydrogen-bond donors (Lipinski definition) is 0. The Morgan fingerprint density at radius 3 is 2.43 bits per heavy atom. The number of nitro groups is 1. The molecule has 2 aliphatic rings. The number of rotatable bonds is 2. The van der Waals surface area contributed by atoms with Gasteiger partial charge in [0, 0.05) is 43.1 Å². The van der Waals surface area contributed by atoms with Crippen molar-refractivity contribution in [3.05, 3.63) is 68.3 Å². The van der Waals surface area contributed by atoms with Gasteiger partial charge in [-0.1, -0.05) is 6.07 Å². The Kier molecular flexibility index (Phi) is 4.84. The predicted molar refractivity (Wildman–Crippen MR) is 111 cm³/mol. The molecule has 30 heavy (non-hydrogen) atoms. The van der Waals surface area contributed by atoms with Crippen molar-refractivity contribution >= 4 is 17.4 Å². The fourth-order valence-electron chi connectivity index (χ4n) is 4.59. The van der Waals surface area contributed by atoms with Gasteiger partial charge in [0.05, 0.1) is 16.9 Å². The lowest BCUT2D eigenvalue weighted by molar-refractivity contribution is -0.385. The van der Waals surface area contributed by atoms with Gasteiger partial charge in [-0.25, -0.2) is 0 Å². The molecule has 2 heterocycles. The third-order valence-corrected chi connectivity index (χ3v) is 6.13. The van der Waals surface area contributed by atoms with Crippen LogP contribution in [0.1, 0.15) is 56.7 Å². The zero-order valence-electron chi connectivity index (χ0n) is 17.4. The van der Waals surface area contributed by atoms with Gasteiger partial charge in [-0.3, -0.25) is 19.7 Å². The molecule has 0 N–H and O–H groups in total. The molecule has 2 aromatic rings. The molecule has 0 atom stereocenters. The molecule has 1 fully saturated rings. The molecule has 4 rings (SSSR count). The third-order valence-electron chi connectivity index (χ3n) is 6.13. The van der Waals surface area contributed by atoms with Crippen LogP contribution in [0.25, 0.3) is 0 Å². The number of nitro benzene ring substituents is 1. The van der Waals surface area contributed by atoms with Gasteiger partial charge in [-0.15, -0.1) is 0 Å². The van der Waals surface area contributed by atoms with Crippen LogP contribution in [0.3, 0.4) is 0 Å². The lowest BCUT2D eigenvalue weighted by Crippen LogP contribution is -2.52. The first-order valence-corrected chi connectivity index (χ1v) is 10.1. The van der Waals surface area contributed by atoms with Crippen molar-refractivity contribution in [1.29, 1.82) is 0 Å².